The van der Waals surface area contributed by atoms with Crippen molar-refractivity contribution in [2.24, 2.45) is 5.73 Å². The second-order valence-electron chi connectivity index (χ2n) is 2.13. The third-order valence-corrected chi connectivity index (χ3v) is 1.04. The summed E-state index contributed by atoms with van der Waals surface area (Å²) in [5.74, 6) is -0.768. The highest BCUT2D eigenvalue weighted by Gasteiger charge is 2.10. The van der Waals surface area contributed by atoms with Crippen LogP contribution in [0.4, 0.5) is 4.79 Å². The van der Waals surface area contributed by atoms with E-state index in [1.807, 2.05) is 6.92 Å². The van der Waals surface area contributed by atoms with Crippen molar-refractivity contribution in [1.82, 2.24) is 0 Å². The van der Waals surface area contributed by atoms with Crippen molar-refractivity contribution in [2.45, 2.75) is 19.8 Å². The van der Waals surface area contributed by atoms with Crippen molar-refractivity contribution in [3.63, 3.8) is 0 Å². The van der Waals surface area contributed by atoms with Crippen LogP contribution in [0, 0.1) is 0 Å². The van der Waals surface area contributed by atoms with Crippen LogP contribution in [0.15, 0.2) is 12.2 Å². The van der Waals surface area contributed by atoms with E-state index in [-0.39, 0.29) is 5.57 Å². The Kier molecular flexibility index (Phi) is 4.52. The first kappa shape index (κ1) is 10.5. The molecule has 0 fully saturated rings. The SMILES string of the molecule is C=C(CCC)C(=O)OOC(N)=O. The highest BCUT2D eigenvalue weighted by Crippen LogP contribution is 2.03. The van der Waals surface area contributed by atoms with Crippen LogP contribution in [0.2, 0.25) is 0 Å². The third kappa shape index (κ3) is 4.32. The molecule has 0 aromatic carbocycles. The number of carbonyl (C=O) groups is 2. The van der Waals surface area contributed by atoms with E-state index in [2.05, 4.69) is 22.1 Å². The van der Waals surface area contributed by atoms with Gasteiger partial charge in [-0.1, -0.05) is 19.9 Å². The first-order chi connectivity index (χ1) is 5.57. The van der Waals surface area contributed by atoms with Gasteiger partial charge in [0.2, 0.25) is 0 Å². The van der Waals surface area contributed by atoms with Gasteiger partial charge in [-0.25, -0.2) is 19.4 Å². The molecular weight excluding hydrogens is 162 g/mol. The Morgan fingerprint density at radius 1 is 1.42 bits per heavy atom. The monoisotopic (exact) mass is 173 g/mol. The first-order valence-electron chi connectivity index (χ1n) is 3.44. The fourth-order valence-corrected chi connectivity index (χ4v) is 0.542. The molecule has 0 atom stereocenters. The van der Waals surface area contributed by atoms with Crippen LogP contribution in [0.1, 0.15) is 19.8 Å². The first-order valence-corrected chi connectivity index (χ1v) is 3.44. The van der Waals surface area contributed by atoms with E-state index < -0.39 is 12.1 Å². The van der Waals surface area contributed by atoms with Gasteiger partial charge in [-0.2, -0.15) is 0 Å². The van der Waals surface area contributed by atoms with Crippen LogP contribution in [0.3, 0.4) is 0 Å². The van der Waals surface area contributed by atoms with Crippen molar-refractivity contribution >= 4 is 12.1 Å². The molecule has 2 N–H and O–H groups in total. The number of amides is 1. The fraction of sp³-hybridized carbons (Fsp3) is 0.429. The maximum Gasteiger partial charge on any atom is 0.447 e. The lowest BCUT2D eigenvalue weighted by atomic mass is 10.2. The molecule has 1 amide bonds. The van der Waals surface area contributed by atoms with Crippen molar-refractivity contribution < 1.29 is 19.4 Å². The molecule has 0 unspecified atom stereocenters. The van der Waals surface area contributed by atoms with E-state index in [4.69, 9.17) is 0 Å². The van der Waals surface area contributed by atoms with Crippen LogP contribution in [-0.4, -0.2) is 12.1 Å². The van der Waals surface area contributed by atoms with Crippen LogP contribution in [0.5, 0.6) is 0 Å². The number of nitrogens with two attached hydrogens (primary N) is 1. The zero-order valence-corrected chi connectivity index (χ0v) is 6.83. The average Bonchev–Trinajstić information content (AvgIpc) is 2.00. The van der Waals surface area contributed by atoms with E-state index >= 15 is 0 Å². The highest BCUT2D eigenvalue weighted by atomic mass is 17.2. The van der Waals surface area contributed by atoms with E-state index in [1.165, 1.54) is 0 Å². The van der Waals surface area contributed by atoms with Crippen molar-refractivity contribution in [1.29, 1.82) is 0 Å². The fourth-order valence-electron chi connectivity index (χ4n) is 0.542. The molecule has 5 heteroatoms. The molecule has 0 aromatic heterocycles. The summed E-state index contributed by atoms with van der Waals surface area (Å²) < 4.78 is 0. The van der Waals surface area contributed by atoms with Gasteiger partial charge in [0.1, 0.15) is 0 Å². The highest BCUT2D eigenvalue weighted by molar-refractivity contribution is 5.87. The van der Waals surface area contributed by atoms with E-state index in [0.717, 1.165) is 6.42 Å². The molecule has 5 nitrogen and oxygen atoms in total. The number of carbonyl (C=O) groups excluding carboxylic acids is 2. The van der Waals surface area contributed by atoms with E-state index in [1.54, 1.807) is 0 Å². The Morgan fingerprint density at radius 3 is 2.42 bits per heavy atom. The minimum absolute atomic E-state index is 0.249. The standard InChI is InChI=1S/C7H11NO4/c1-3-4-5(2)6(9)11-12-7(8)10/h2-4H2,1H3,(H2,8,10). The zero-order chi connectivity index (χ0) is 9.56. The van der Waals surface area contributed by atoms with Gasteiger partial charge >= 0.3 is 12.1 Å². The third-order valence-electron chi connectivity index (χ3n) is 1.04. The quantitative estimate of drug-likeness (QED) is 0.390. The number of hydrogen-bond donors (Lipinski definition) is 1. The molecule has 12 heavy (non-hydrogen) atoms. The van der Waals surface area contributed by atoms with Crippen LogP contribution in [-0.2, 0) is 14.6 Å². The summed E-state index contributed by atoms with van der Waals surface area (Å²) >= 11 is 0. The van der Waals surface area contributed by atoms with Gasteiger partial charge in [-0.15, -0.1) is 0 Å². The van der Waals surface area contributed by atoms with Crippen molar-refractivity contribution in [3.05, 3.63) is 12.2 Å². The average molecular weight is 173 g/mol. The summed E-state index contributed by atoms with van der Waals surface area (Å²) in [5, 5.41) is 0. The van der Waals surface area contributed by atoms with Crippen molar-refractivity contribution in [2.75, 3.05) is 0 Å². The minimum Gasteiger partial charge on any atom is -0.332 e. The summed E-state index contributed by atoms with van der Waals surface area (Å²) in [5.41, 5.74) is 4.80. The molecule has 0 aliphatic rings. The molecular formula is C7H11NO4. The lowest BCUT2D eigenvalue weighted by Crippen LogP contribution is -2.17. The molecule has 0 radical (unpaired) electrons. The Morgan fingerprint density at radius 2 is 2.00 bits per heavy atom. The molecule has 0 aromatic rings. The van der Waals surface area contributed by atoms with E-state index in [9.17, 15) is 9.59 Å². The molecule has 0 heterocycles. The van der Waals surface area contributed by atoms with Crippen LogP contribution < -0.4 is 5.73 Å². The second kappa shape index (κ2) is 5.17. The number of hydrogen-bond acceptors (Lipinski definition) is 4. The van der Waals surface area contributed by atoms with Gasteiger partial charge in [0.25, 0.3) is 0 Å². The summed E-state index contributed by atoms with van der Waals surface area (Å²) in [7, 11) is 0. The Labute approximate surface area is 70.1 Å². The lowest BCUT2D eigenvalue weighted by Gasteiger charge is -2.01. The maximum atomic E-state index is 10.8. The van der Waals surface area contributed by atoms with Gasteiger partial charge in [-0.3, -0.25) is 0 Å². The van der Waals surface area contributed by atoms with Gasteiger partial charge in [0.05, 0.1) is 0 Å². The summed E-state index contributed by atoms with van der Waals surface area (Å²) in [6, 6.07) is 0. The van der Waals surface area contributed by atoms with Crippen molar-refractivity contribution in [3.8, 4) is 0 Å². The normalized spacial score (nSPS) is 8.75. The molecule has 68 valence electrons. The minimum atomic E-state index is -1.16. The summed E-state index contributed by atoms with van der Waals surface area (Å²) in [4.78, 5) is 28.6. The Balaban J connectivity index is 3.72. The maximum absolute atomic E-state index is 10.8. The molecule has 0 spiro atoms. The van der Waals surface area contributed by atoms with Crippen LogP contribution in [0.25, 0.3) is 0 Å². The molecule has 0 bridgehead atoms. The Bertz CT molecular complexity index is 200. The lowest BCUT2D eigenvalue weighted by molar-refractivity contribution is -0.226. The summed E-state index contributed by atoms with van der Waals surface area (Å²) in [6.45, 7) is 5.30. The molecule has 0 aliphatic heterocycles. The number of rotatable bonds is 3. The molecule has 0 aliphatic carbocycles. The second-order valence-corrected chi connectivity index (χ2v) is 2.13. The Hall–Kier alpha value is -1.52. The van der Waals surface area contributed by atoms with Gasteiger partial charge in [0.15, 0.2) is 0 Å². The molecule has 0 rings (SSSR count). The predicted molar refractivity (Wildman–Crippen MR) is 40.8 cm³/mol. The smallest absolute Gasteiger partial charge is 0.332 e. The van der Waals surface area contributed by atoms with Gasteiger partial charge < -0.3 is 5.73 Å². The predicted octanol–water partition coefficient (Wildman–Crippen LogP) is 0.896. The van der Waals surface area contributed by atoms with Crippen LogP contribution >= 0.6 is 0 Å². The topological polar surface area (TPSA) is 78.6 Å². The zero-order valence-electron chi connectivity index (χ0n) is 6.83. The molecule has 0 saturated carbocycles. The van der Waals surface area contributed by atoms with Gasteiger partial charge in [0, 0.05) is 5.57 Å². The number of primary amides is 1. The molecule has 0 saturated heterocycles. The summed E-state index contributed by atoms with van der Waals surface area (Å²) in [6.07, 6.45) is 0.110. The van der Waals surface area contributed by atoms with Gasteiger partial charge in [-0.05, 0) is 6.42 Å². The van der Waals surface area contributed by atoms with E-state index in [0.29, 0.717) is 6.42 Å². The largest absolute Gasteiger partial charge is 0.447 e.